The summed E-state index contributed by atoms with van der Waals surface area (Å²) in [7, 11) is 3.22. The Bertz CT molecular complexity index is 653. The van der Waals surface area contributed by atoms with E-state index in [9.17, 15) is 5.11 Å². The maximum Gasteiger partial charge on any atom is 0.137 e. The number of aliphatic hydroxyl groups excluding tert-OH is 1. The monoisotopic (exact) mass is 354 g/mol. The Labute approximate surface area is 132 Å². The van der Waals surface area contributed by atoms with Crippen molar-refractivity contribution in [2.45, 2.75) is 26.6 Å². The van der Waals surface area contributed by atoms with Crippen molar-refractivity contribution in [1.29, 1.82) is 0 Å². The van der Waals surface area contributed by atoms with Crippen LogP contribution in [0, 0.1) is 0 Å². The predicted molar refractivity (Wildman–Crippen MR) is 86.4 cm³/mol. The highest BCUT2D eigenvalue weighted by molar-refractivity contribution is 9.10. The number of rotatable bonds is 5. The van der Waals surface area contributed by atoms with E-state index >= 15 is 0 Å². The zero-order valence-electron chi connectivity index (χ0n) is 12.6. The SMILES string of the molecule is COc1cc(OC)c2c(OC(C)C)cc(CO)cc2c1Br. The van der Waals surface area contributed by atoms with E-state index in [2.05, 4.69) is 15.9 Å². The number of fused-ring (bicyclic) bond motifs is 1. The summed E-state index contributed by atoms with van der Waals surface area (Å²) in [5.41, 5.74) is 0.772. The van der Waals surface area contributed by atoms with Gasteiger partial charge in [-0.2, -0.15) is 0 Å². The van der Waals surface area contributed by atoms with Crippen molar-refractivity contribution in [3.05, 3.63) is 28.2 Å². The summed E-state index contributed by atoms with van der Waals surface area (Å²) in [4.78, 5) is 0. The predicted octanol–water partition coefficient (Wildman–Crippen LogP) is 3.90. The molecular weight excluding hydrogens is 336 g/mol. The Balaban J connectivity index is 2.84. The maximum absolute atomic E-state index is 9.47. The van der Waals surface area contributed by atoms with Crippen molar-refractivity contribution >= 4 is 26.7 Å². The quantitative estimate of drug-likeness (QED) is 0.884. The van der Waals surface area contributed by atoms with Crippen molar-refractivity contribution < 1.29 is 19.3 Å². The second kappa shape index (κ2) is 6.54. The van der Waals surface area contributed by atoms with Gasteiger partial charge in [0.15, 0.2) is 0 Å². The van der Waals surface area contributed by atoms with Gasteiger partial charge < -0.3 is 19.3 Å². The Morgan fingerprint density at radius 2 is 1.71 bits per heavy atom. The number of methoxy groups -OCH3 is 2. The zero-order valence-corrected chi connectivity index (χ0v) is 14.2. The first-order valence-electron chi connectivity index (χ1n) is 6.66. The van der Waals surface area contributed by atoms with E-state index in [1.165, 1.54) is 0 Å². The van der Waals surface area contributed by atoms with Crippen LogP contribution in [0.1, 0.15) is 19.4 Å². The van der Waals surface area contributed by atoms with Crippen molar-refractivity contribution in [2.24, 2.45) is 0 Å². The summed E-state index contributed by atoms with van der Waals surface area (Å²) >= 11 is 3.55. The summed E-state index contributed by atoms with van der Waals surface area (Å²) in [6, 6.07) is 5.56. The fourth-order valence-corrected chi connectivity index (χ4v) is 2.82. The third-order valence-electron chi connectivity index (χ3n) is 3.11. The Morgan fingerprint density at radius 3 is 2.24 bits per heavy atom. The normalized spacial score (nSPS) is 11.0. The zero-order chi connectivity index (χ0) is 15.6. The minimum absolute atomic E-state index is 0.0210. The van der Waals surface area contributed by atoms with Gasteiger partial charge in [-0.1, -0.05) is 0 Å². The first kappa shape index (κ1) is 15.9. The summed E-state index contributed by atoms with van der Waals surface area (Å²) in [5, 5.41) is 11.2. The average molecular weight is 355 g/mol. The molecule has 5 heteroatoms. The van der Waals surface area contributed by atoms with Gasteiger partial charge in [-0.3, -0.25) is 0 Å². The molecule has 0 bridgehead atoms. The molecule has 0 unspecified atom stereocenters. The van der Waals surface area contributed by atoms with Gasteiger partial charge in [-0.15, -0.1) is 0 Å². The van der Waals surface area contributed by atoms with Crippen LogP contribution < -0.4 is 14.2 Å². The lowest BCUT2D eigenvalue weighted by Gasteiger charge is -2.18. The fourth-order valence-electron chi connectivity index (χ4n) is 2.23. The van der Waals surface area contributed by atoms with Crippen LogP contribution in [0.3, 0.4) is 0 Å². The minimum Gasteiger partial charge on any atom is -0.496 e. The van der Waals surface area contributed by atoms with Crippen molar-refractivity contribution in [3.8, 4) is 17.2 Å². The Kier molecular flexibility index (Phi) is 4.96. The van der Waals surface area contributed by atoms with E-state index in [0.717, 1.165) is 20.8 Å². The highest BCUT2D eigenvalue weighted by Gasteiger charge is 2.17. The minimum atomic E-state index is -0.0592. The third kappa shape index (κ3) is 3.09. The number of benzene rings is 2. The molecule has 0 aliphatic heterocycles. The van der Waals surface area contributed by atoms with Gasteiger partial charge in [0, 0.05) is 11.5 Å². The van der Waals surface area contributed by atoms with Crippen LogP contribution in [0.4, 0.5) is 0 Å². The lowest BCUT2D eigenvalue weighted by Crippen LogP contribution is -2.07. The molecule has 0 heterocycles. The number of hydrogen-bond acceptors (Lipinski definition) is 4. The second-order valence-corrected chi connectivity index (χ2v) is 5.73. The maximum atomic E-state index is 9.47. The van der Waals surface area contributed by atoms with Crippen LogP contribution >= 0.6 is 15.9 Å². The molecule has 0 amide bonds. The van der Waals surface area contributed by atoms with E-state index < -0.39 is 0 Å². The molecule has 2 rings (SSSR count). The van der Waals surface area contributed by atoms with Gasteiger partial charge in [0.05, 0.1) is 36.8 Å². The lowest BCUT2D eigenvalue weighted by atomic mass is 10.0. The molecule has 1 N–H and O–H groups in total. The molecule has 2 aromatic rings. The molecule has 0 aliphatic carbocycles. The molecule has 21 heavy (non-hydrogen) atoms. The van der Waals surface area contributed by atoms with Gasteiger partial charge >= 0.3 is 0 Å². The van der Waals surface area contributed by atoms with Crippen LogP contribution in [-0.4, -0.2) is 25.4 Å². The standard InChI is InChI=1S/C16H19BrO4/c1-9(2)21-13-6-10(8-18)5-11-15(13)12(19-3)7-14(20-4)16(11)17/h5-7,9,18H,8H2,1-4H3. The summed E-state index contributed by atoms with van der Waals surface area (Å²) in [6.45, 7) is 3.86. The van der Waals surface area contributed by atoms with E-state index in [0.29, 0.717) is 17.2 Å². The molecule has 0 aliphatic rings. The van der Waals surface area contributed by atoms with Crippen molar-refractivity contribution in [2.75, 3.05) is 14.2 Å². The molecule has 0 saturated carbocycles. The second-order valence-electron chi connectivity index (χ2n) is 4.94. The molecule has 0 aromatic heterocycles. The Hall–Kier alpha value is -1.46. The Morgan fingerprint density at radius 1 is 1.05 bits per heavy atom. The molecule has 2 aromatic carbocycles. The van der Waals surface area contributed by atoms with E-state index in [1.807, 2.05) is 32.0 Å². The van der Waals surface area contributed by atoms with Crippen LogP contribution in [-0.2, 0) is 6.61 Å². The third-order valence-corrected chi connectivity index (χ3v) is 3.93. The van der Waals surface area contributed by atoms with E-state index in [4.69, 9.17) is 14.2 Å². The first-order valence-corrected chi connectivity index (χ1v) is 7.45. The lowest BCUT2D eigenvalue weighted by molar-refractivity contribution is 0.242. The number of hydrogen-bond donors (Lipinski definition) is 1. The van der Waals surface area contributed by atoms with Crippen molar-refractivity contribution in [3.63, 3.8) is 0 Å². The number of ether oxygens (including phenoxy) is 3. The highest BCUT2D eigenvalue weighted by atomic mass is 79.9. The highest BCUT2D eigenvalue weighted by Crippen LogP contribution is 2.44. The fraction of sp³-hybridized carbons (Fsp3) is 0.375. The smallest absolute Gasteiger partial charge is 0.137 e. The average Bonchev–Trinajstić information content (AvgIpc) is 2.47. The van der Waals surface area contributed by atoms with Crippen molar-refractivity contribution in [1.82, 2.24) is 0 Å². The molecule has 0 saturated heterocycles. The van der Waals surface area contributed by atoms with Crippen LogP contribution in [0.5, 0.6) is 17.2 Å². The van der Waals surface area contributed by atoms with Crippen LogP contribution in [0.25, 0.3) is 10.8 Å². The molecule has 0 fully saturated rings. The van der Waals surface area contributed by atoms with Crippen LogP contribution in [0.15, 0.2) is 22.7 Å². The first-order chi connectivity index (χ1) is 10.0. The van der Waals surface area contributed by atoms with Gasteiger partial charge in [-0.05, 0) is 47.5 Å². The van der Waals surface area contributed by atoms with E-state index in [-0.39, 0.29) is 12.7 Å². The van der Waals surface area contributed by atoms with Crippen LogP contribution in [0.2, 0.25) is 0 Å². The summed E-state index contributed by atoms with van der Waals surface area (Å²) in [5.74, 6) is 2.03. The van der Waals surface area contributed by atoms with Gasteiger partial charge in [0.2, 0.25) is 0 Å². The molecular formula is C16H19BrO4. The topological polar surface area (TPSA) is 47.9 Å². The van der Waals surface area contributed by atoms with E-state index in [1.54, 1.807) is 14.2 Å². The molecule has 114 valence electrons. The van der Waals surface area contributed by atoms with Gasteiger partial charge in [0.1, 0.15) is 17.2 Å². The van der Waals surface area contributed by atoms with Gasteiger partial charge in [-0.25, -0.2) is 0 Å². The van der Waals surface area contributed by atoms with Gasteiger partial charge in [0.25, 0.3) is 0 Å². The number of halogens is 1. The molecule has 0 radical (unpaired) electrons. The molecule has 4 nitrogen and oxygen atoms in total. The molecule has 0 spiro atoms. The molecule has 0 atom stereocenters. The number of aliphatic hydroxyl groups is 1. The summed E-state index contributed by atoms with van der Waals surface area (Å²) in [6.07, 6.45) is 0.0210. The largest absolute Gasteiger partial charge is 0.496 e. The summed E-state index contributed by atoms with van der Waals surface area (Å²) < 4.78 is 17.5.